The predicted octanol–water partition coefficient (Wildman–Crippen LogP) is 5.13. The Morgan fingerprint density at radius 3 is 1.72 bits per heavy atom. The third kappa shape index (κ3) is 8.54. The zero-order chi connectivity index (χ0) is 25.2. The molecule has 0 aromatic heterocycles. The molecule has 1 fully saturated rings. The Bertz CT molecular complexity index is 1140. The molecule has 1 aliphatic rings. The maximum Gasteiger partial charge on any atom is 0.264 e. The van der Waals surface area contributed by atoms with Crippen LogP contribution in [0.15, 0.2) is 91.0 Å². The summed E-state index contributed by atoms with van der Waals surface area (Å²) >= 11 is 0. The molecule has 0 spiro atoms. The minimum absolute atomic E-state index is 0.0984. The van der Waals surface area contributed by atoms with Crippen molar-refractivity contribution in [3.63, 3.8) is 0 Å². The average molecular weight is 511 g/mol. The monoisotopic (exact) mass is 510 g/mol. The van der Waals surface area contributed by atoms with Crippen LogP contribution in [-0.2, 0) is 48.3 Å². The summed E-state index contributed by atoms with van der Waals surface area (Å²) in [6, 6.07) is 29.9. The fourth-order valence-electron chi connectivity index (χ4n) is 4.61. The maximum absolute atomic E-state index is 12.0. The molecule has 1 saturated carbocycles. The molecule has 0 heterocycles. The van der Waals surface area contributed by atoms with Crippen molar-refractivity contribution in [2.24, 2.45) is 5.92 Å². The lowest BCUT2D eigenvalue weighted by atomic mass is 9.82. The second kappa shape index (κ2) is 13.1. The van der Waals surface area contributed by atoms with Crippen molar-refractivity contribution >= 4 is 10.1 Å². The number of hydrogen-bond donors (Lipinski definition) is 0. The van der Waals surface area contributed by atoms with E-state index in [1.165, 1.54) is 0 Å². The van der Waals surface area contributed by atoms with Crippen molar-refractivity contribution in [2.75, 3.05) is 12.9 Å². The molecule has 3 aromatic carbocycles. The zero-order valence-electron chi connectivity index (χ0n) is 20.6. The molecule has 0 N–H and O–H groups in total. The third-order valence-corrected chi connectivity index (χ3v) is 6.86. The first-order valence-electron chi connectivity index (χ1n) is 12.3. The van der Waals surface area contributed by atoms with Gasteiger partial charge in [-0.05, 0) is 23.1 Å². The second-order valence-corrected chi connectivity index (χ2v) is 10.9. The van der Waals surface area contributed by atoms with E-state index in [1.54, 1.807) is 0 Å². The Balaban J connectivity index is 1.50. The highest BCUT2D eigenvalue weighted by Gasteiger charge is 2.41. The second-order valence-electron chi connectivity index (χ2n) is 9.25. The van der Waals surface area contributed by atoms with Crippen molar-refractivity contribution in [2.45, 2.75) is 51.0 Å². The molecule has 6 nitrogen and oxygen atoms in total. The third-order valence-electron chi connectivity index (χ3n) is 6.24. The molecule has 192 valence electrons. The van der Waals surface area contributed by atoms with E-state index in [9.17, 15) is 8.42 Å². The summed E-state index contributed by atoms with van der Waals surface area (Å²) in [5.41, 5.74) is 3.19. The Kier molecular flexibility index (Phi) is 9.67. The lowest BCUT2D eigenvalue weighted by Crippen LogP contribution is -2.48. The molecule has 0 bridgehead atoms. The van der Waals surface area contributed by atoms with Crippen molar-refractivity contribution < 1.29 is 26.8 Å². The summed E-state index contributed by atoms with van der Waals surface area (Å²) < 4.78 is 48.3. The molecule has 0 unspecified atom stereocenters. The fraction of sp³-hybridized carbons (Fsp3) is 0.379. The average Bonchev–Trinajstić information content (AvgIpc) is 2.88. The molecule has 7 heteroatoms. The highest BCUT2D eigenvalue weighted by Crippen LogP contribution is 2.34. The number of hydrogen-bond acceptors (Lipinski definition) is 6. The molecule has 36 heavy (non-hydrogen) atoms. The standard InChI is InChI=1S/C29H34O6S/c1-36(30,31)35-27-17-26(22-32-19-23-11-5-2-6-12-23)29(34-21-25-15-9-4-10-16-25)28(18-27)33-20-24-13-7-3-8-14-24/h2-16,26-29H,17-22H2,1H3/t26-,27-,28-,29+/m1/s1. The topological polar surface area (TPSA) is 71.1 Å². The summed E-state index contributed by atoms with van der Waals surface area (Å²) in [7, 11) is -3.61. The first kappa shape index (κ1) is 26.5. The van der Waals surface area contributed by atoms with E-state index < -0.39 is 16.2 Å². The van der Waals surface area contributed by atoms with Crippen LogP contribution in [0.2, 0.25) is 0 Å². The first-order chi connectivity index (χ1) is 17.5. The van der Waals surface area contributed by atoms with Gasteiger partial charge in [0, 0.05) is 12.3 Å². The summed E-state index contributed by atoms with van der Waals surface area (Å²) in [5.74, 6) is -0.0984. The smallest absolute Gasteiger partial charge is 0.264 e. The molecule has 4 atom stereocenters. The van der Waals surface area contributed by atoms with Crippen molar-refractivity contribution in [1.29, 1.82) is 0 Å². The molecular formula is C29H34O6S. The highest BCUT2D eigenvalue weighted by atomic mass is 32.2. The summed E-state index contributed by atoms with van der Waals surface area (Å²) in [5, 5.41) is 0. The van der Waals surface area contributed by atoms with E-state index in [0.29, 0.717) is 39.3 Å². The van der Waals surface area contributed by atoms with E-state index in [1.807, 2.05) is 91.0 Å². The molecule has 4 rings (SSSR count). The van der Waals surface area contributed by atoms with Gasteiger partial charge in [-0.15, -0.1) is 0 Å². The molecule has 1 aliphatic carbocycles. The number of benzene rings is 3. The summed E-state index contributed by atoms with van der Waals surface area (Å²) in [4.78, 5) is 0. The van der Waals surface area contributed by atoms with Gasteiger partial charge in [0.15, 0.2) is 0 Å². The number of rotatable bonds is 12. The molecule has 0 saturated heterocycles. The van der Waals surface area contributed by atoms with Gasteiger partial charge in [-0.25, -0.2) is 0 Å². The van der Waals surface area contributed by atoms with Gasteiger partial charge in [0.1, 0.15) is 0 Å². The summed E-state index contributed by atoms with van der Waals surface area (Å²) in [6.07, 6.45) is 0.902. The minimum Gasteiger partial charge on any atom is -0.376 e. The quantitative estimate of drug-likeness (QED) is 0.315. The zero-order valence-corrected chi connectivity index (χ0v) is 21.4. The highest BCUT2D eigenvalue weighted by molar-refractivity contribution is 7.86. The van der Waals surface area contributed by atoms with Crippen molar-refractivity contribution in [1.82, 2.24) is 0 Å². The van der Waals surface area contributed by atoms with E-state index in [0.717, 1.165) is 22.9 Å². The lowest BCUT2D eigenvalue weighted by molar-refractivity contribution is -0.157. The van der Waals surface area contributed by atoms with Crippen molar-refractivity contribution in [3.8, 4) is 0 Å². The predicted molar refractivity (Wildman–Crippen MR) is 139 cm³/mol. The van der Waals surface area contributed by atoms with Gasteiger partial charge < -0.3 is 14.2 Å². The van der Waals surface area contributed by atoms with Crippen LogP contribution in [0.1, 0.15) is 29.5 Å². The van der Waals surface area contributed by atoms with Gasteiger partial charge in [-0.1, -0.05) is 91.0 Å². The Morgan fingerprint density at radius 2 is 1.19 bits per heavy atom. The maximum atomic E-state index is 12.0. The van der Waals surface area contributed by atoms with Crippen LogP contribution in [-0.4, -0.2) is 39.6 Å². The van der Waals surface area contributed by atoms with E-state index >= 15 is 0 Å². The molecule has 0 radical (unpaired) electrons. The first-order valence-corrected chi connectivity index (χ1v) is 14.1. The van der Waals surface area contributed by atoms with E-state index in [-0.39, 0.29) is 18.1 Å². The molecule has 3 aromatic rings. The van der Waals surface area contributed by atoms with Crippen LogP contribution in [0.25, 0.3) is 0 Å². The Labute approximate surface area is 214 Å². The van der Waals surface area contributed by atoms with Gasteiger partial charge >= 0.3 is 0 Å². The van der Waals surface area contributed by atoms with Crippen LogP contribution in [0.5, 0.6) is 0 Å². The van der Waals surface area contributed by atoms with Gasteiger partial charge in [0.05, 0.1) is 51.0 Å². The Morgan fingerprint density at radius 1 is 0.694 bits per heavy atom. The van der Waals surface area contributed by atoms with Crippen LogP contribution >= 0.6 is 0 Å². The molecule has 0 aliphatic heterocycles. The van der Waals surface area contributed by atoms with Crippen LogP contribution < -0.4 is 0 Å². The molecular weight excluding hydrogens is 476 g/mol. The van der Waals surface area contributed by atoms with Crippen LogP contribution in [0.4, 0.5) is 0 Å². The largest absolute Gasteiger partial charge is 0.376 e. The fourth-order valence-corrected chi connectivity index (χ4v) is 5.26. The Hall–Kier alpha value is -2.55. The van der Waals surface area contributed by atoms with Gasteiger partial charge in [-0.2, -0.15) is 8.42 Å². The normalized spacial score (nSPS) is 22.4. The summed E-state index contributed by atoms with van der Waals surface area (Å²) in [6.45, 7) is 1.71. The lowest BCUT2D eigenvalue weighted by Gasteiger charge is -2.41. The minimum atomic E-state index is -3.61. The number of ether oxygens (including phenoxy) is 3. The van der Waals surface area contributed by atoms with Crippen LogP contribution in [0.3, 0.4) is 0 Å². The van der Waals surface area contributed by atoms with Crippen LogP contribution in [0, 0.1) is 5.92 Å². The molecule has 0 amide bonds. The van der Waals surface area contributed by atoms with Gasteiger partial charge in [-0.3, -0.25) is 4.18 Å². The van der Waals surface area contributed by atoms with Gasteiger partial charge in [0.2, 0.25) is 0 Å². The van der Waals surface area contributed by atoms with Gasteiger partial charge in [0.25, 0.3) is 10.1 Å². The van der Waals surface area contributed by atoms with E-state index in [2.05, 4.69) is 0 Å². The SMILES string of the molecule is CS(=O)(=O)O[C@@H]1C[C@H](COCc2ccccc2)[C@H](OCc2ccccc2)[C@H](OCc2ccccc2)C1. The van der Waals surface area contributed by atoms with E-state index in [4.69, 9.17) is 18.4 Å². The van der Waals surface area contributed by atoms with Crippen molar-refractivity contribution in [3.05, 3.63) is 108 Å².